The van der Waals surface area contributed by atoms with Crippen LogP contribution in [0, 0.1) is 5.41 Å². The summed E-state index contributed by atoms with van der Waals surface area (Å²) in [7, 11) is 3.85. The van der Waals surface area contributed by atoms with E-state index in [1.807, 2.05) is 12.1 Å². The molecular weight excluding hydrogens is 248 g/mol. The lowest BCUT2D eigenvalue weighted by molar-refractivity contribution is 0.260. The molecule has 0 radical (unpaired) electrons. The van der Waals surface area contributed by atoms with E-state index in [2.05, 4.69) is 57.1 Å². The van der Waals surface area contributed by atoms with Crippen LogP contribution in [0.4, 0.5) is 5.69 Å². The topological polar surface area (TPSA) is 24.5 Å². The van der Waals surface area contributed by atoms with Crippen molar-refractivity contribution < 1.29 is 4.74 Å². The third-order valence-electron chi connectivity index (χ3n) is 3.74. The molecule has 0 amide bonds. The molecule has 3 heteroatoms. The van der Waals surface area contributed by atoms with E-state index in [1.54, 1.807) is 7.11 Å². The molecule has 0 heterocycles. The fourth-order valence-corrected chi connectivity index (χ4v) is 2.39. The van der Waals surface area contributed by atoms with Gasteiger partial charge in [-0.05, 0) is 30.5 Å². The highest BCUT2D eigenvalue weighted by Crippen LogP contribution is 2.24. The number of rotatable bonds is 7. The Balaban J connectivity index is 2.62. The zero-order valence-electron chi connectivity index (χ0n) is 13.9. The van der Waals surface area contributed by atoms with Crippen LogP contribution < -0.4 is 15.0 Å². The van der Waals surface area contributed by atoms with Gasteiger partial charge in [-0.2, -0.15) is 0 Å². The normalized spacial score (nSPS) is 13.1. The number of hydrogen-bond donors (Lipinski definition) is 1. The minimum atomic E-state index is 0.283. The fourth-order valence-electron chi connectivity index (χ4n) is 2.39. The summed E-state index contributed by atoms with van der Waals surface area (Å²) in [6.07, 6.45) is 1.13. The minimum Gasteiger partial charge on any atom is -0.497 e. The van der Waals surface area contributed by atoms with Gasteiger partial charge in [0.05, 0.1) is 7.11 Å². The smallest absolute Gasteiger partial charge is 0.120 e. The van der Waals surface area contributed by atoms with E-state index >= 15 is 0 Å². The van der Waals surface area contributed by atoms with Gasteiger partial charge in [0.15, 0.2) is 0 Å². The van der Waals surface area contributed by atoms with Crippen molar-refractivity contribution >= 4 is 5.69 Å². The highest BCUT2D eigenvalue weighted by atomic mass is 16.5. The average molecular weight is 278 g/mol. The first-order chi connectivity index (χ1) is 9.38. The quantitative estimate of drug-likeness (QED) is 0.825. The van der Waals surface area contributed by atoms with Gasteiger partial charge in [0.2, 0.25) is 0 Å². The average Bonchev–Trinajstić information content (AvgIpc) is 2.41. The molecule has 1 unspecified atom stereocenters. The van der Waals surface area contributed by atoms with Gasteiger partial charge in [-0.25, -0.2) is 0 Å². The monoisotopic (exact) mass is 278 g/mol. The molecule has 0 saturated carbocycles. The Kier molecular flexibility index (Phi) is 6.34. The molecule has 1 N–H and O–H groups in total. The Bertz CT molecular complexity index is 398. The van der Waals surface area contributed by atoms with E-state index in [-0.39, 0.29) is 5.41 Å². The Morgan fingerprint density at radius 2 is 2.00 bits per heavy atom. The van der Waals surface area contributed by atoms with Crippen LogP contribution in [0.3, 0.4) is 0 Å². The Morgan fingerprint density at radius 1 is 1.30 bits per heavy atom. The number of ether oxygens (including phenoxy) is 1. The Hall–Kier alpha value is -1.22. The molecule has 1 rings (SSSR count). The molecule has 114 valence electrons. The molecule has 0 saturated heterocycles. The van der Waals surface area contributed by atoms with Crippen molar-refractivity contribution in [2.75, 3.05) is 32.1 Å². The maximum absolute atomic E-state index is 5.28. The highest BCUT2D eigenvalue weighted by molar-refractivity contribution is 5.50. The van der Waals surface area contributed by atoms with Crippen LogP contribution in [0.15, 0.2) is 24.3 Å². The van der Waals surface area contributed by atoms with E-state index < -0.39 is 0 Å². The van der Waals surface area contributed by atoms with Crippen molar-refractivity contribution in [3.8, 4) is 5.75 Å². The van der Waals surface area contributed by atoms with Crippen molar-refractivity contribution in [1.82, 2.24) is 5.32 Å². The summed E-state index contributed by atoms with van der Waals surface area (Å²) < 4.78 is 5.28. The number of anilines is 1. The van der Waals surface area contributed by atoms with Crippen molar-refractivity contribution in [2.24, 2.45) is 5.41 Å². The van der Waals surface area contributed by atoms with E-state index in [4.69, 9.17) is 4.74 Å². The number of nitrogens with one attached hydrogen (secondary N) is 1. The van der Waals surface area contributed by atoms with Crippen molar-refractivity contribution in [3.63, 3.8) is 0 Å². The number of hydrogen-bond acceptors (Lipinski definition) is 3. The van der Waals surface area contributed by atoms with E-state index in [9.17, 15) is 0 Å². The van der Waals surface area contributed by atoms with Gasteiger partial charge >= 0.3 is 0 Å². The molecule has 0 aromatic heterocycles. The van der Waals surface area contributed by atoms with Gasteiger partial charge in [-0.3, -0.25) is 0 Å². The first-order valence-electron chi connectivity index (χ1n) is 7.47. The van der Waals surface area contributed by atoms with E-state index in [0.717, 1.165) is 25.3 Å². The maximum atomic E-state index is 5.28. The van der Waals surface area contributed by atoms with Gasteiger partial charge in [0, 0.05) is 31.4 Å². The summed E-state index contributed by atoms with van der Waals surface area (Å²) in [6, 6.07) is 8.76. The van der Waals surface area contributed by atoms with Crippen molar-refractivity contribution in [1.29, 1.82) is 0 Å². The van der Waals surface area contributed by atoms with Crippen LogP contribution >= 0.6 is 0 Å². The predicted molar refractivity (Wildman–Crippen MR) is 87.8 cm³/mol. The summed E-state index contributed by atoms with van der Waals surface area (Å²) >= 11 is 0. The van der Waals surface area contributed by atoms with Gasteiger partial charge in [-0.1, -0.05) is 33.8 Å². The van der Waals surface area contributed by atoms with Crippen LogP contribution in [0.1, 0.15) is 34.1 Å². The summed E-state index contributed by atoms with van der Waals surface area (Å²) in [4.78, 5) is 2.29. The molecule has 1 atom stereocenters. The number of methoxy groups -OCH3 is 1. The molecule has 1 aromatic carbocycles. The lowest BCUT2D eigenvalue weighted by Crippen LogP contribution is -2.42. The molecule has 0 aliphatic heterocycles. The van der Waals surface area contributed by atoms with Crippen LogP contribution in [0.2, 0.25) is 0 Å². The standard InChI is InChI=1S/C17H30N2O/c1-7-18-16(17(2,3)4)11-12-19(5)14-9-8-10-15(13-14)20-6/h8-10,13,16,18H,7,11-12H2,1-6H3. The molecule has 0 fully saturated rings. The van der Waals surface area contributed by atoms with Gasteiger partial charge < -0.3 is 15.0 Å². The van der Waals surface area contributed by atoms with Crippen molar-refractivity contribution in [3.05, 3.63) is 24.3 Å². The van der Waals surface area contributed by atoms with Crippen LogP contribution in [-0.2, 0) is 0 Å². The molecular formula is C17H30N2O. The highest BCUT2D eigenvalue weighted by Gasteiger charge is 2.23. The first-order valence-corrected chi connectivity index (χ1v) is 7.47. The predicted octanol–water partition coefficient (Wildman–Crippen LogP) is 3.55. The second-order valence-electron chi connectivity index (χ2n) is 6.39. The van der Waals surface area contributed by atoms with Crippen LogP contribution in [0.25, 0.3) is 0 Å². The lowest BCUT2D eigenvalue weighted by Gasteiger charge is -2.33. The summed E-state index contributed by atoms with van der Waals surface area (Å²) in [5, 5.41) is 3.60. The summed E-state index contributed by atoms with van der Waals surface area (Å²) in [5.74, 6) is 0.911. The summed E-state index contributed by atoms with van der Waals surface area (Å²) in [6.45, 7) is 11.1. The first kappa shape index (κ1) is 16.8. The summed E-state index contributed by atoms with van der Waals surface area (Å²) in [5.41, 5.74) is 1.49. The van der Waals surface area contributed by atoms with E-state index in [1.165, 1.54) is 5.69 Å². The minimum absolute atomic E-state index is 0.283. The number of benzene rings is 1. The Labute approximate surface area is 124 Å². The Morgan fingerprint density at radius 3 is 2.55 bits per heavy atom. The van der Waals surface area contributed by atoms with Crippen LogP contribution in [-0.4, -0.2) is 33.3 Å². The number of nitrogens with zero attached hydrogens (tertiary/aromatic N) is 1. The second-order valence-corrected chi connectivity index (χ2v) is 6.39. The maximum Gasteiger partial charge on any atom is 0.120 e. The zero-order valence-corrected chi connectivity index (χ0v) is 13.9. The molecule has 3 nitrogen and oxygen atoms in total. The molecule has 1 aromatic rings. The molecule has 0 aliphatic carbocycles. The third-order valence-corrected chi connectivity index (χ3v) is 3.74. The van der Waals surface area contributed by atoms with Gasteiger partial charge in [-0.15, -0.1) is 0 Å². The fraction of sp³-hybridized carbons (Fsp3) is 0.647. The lowest BCUT2D eigenvalue weighted by atomic mass is 9.84. The molecule has 0 aliphatic rings. The molecule has 0 spiro atoms. The SMILES string of the molecule is CCNC(CCN(C)c1cccc(OC)c1)C(C)(C)C. The third kappa shape index (κ3) is 5.04. The van der Waals surface area contributed by atoms with Crippen LogP contribution in [0.5, 0.6) is 5.75 Å². The zero-order chi connectivity index (χ0) is 15.2. The van der Waals surface area contributed by atoms with Gasteiger partial charge in [0.25, 0.3) is 0 Å². The van der Waals surface area contributed by atoms with Gasteiger partial charge in [0.1, 0.15) is 5.75 Å². The largest absolute Gasteiger partial charge is 0.497 e. The van der Waals surface area contributed by atoms with E-state index in [0.29, 0.717) is 6.04 Å². The van der Waals surface area contributed by atoms with Crippen molar-refractivity contribution in [2.45, 2.75) is 40.2 Å². The second kappa shape index (κ2) is 7.53. The molecule has 20 heavy (non-hydrogen) atoms. The molecule has 0 bridgehead atoms.